The Morgan fingerprint density at radius 2 is 1.78 bits per heavy atom. The van der Waals surface area contributed by atoms with Gasteiger partial charge in [0.2, 0.25) is 0 Å². The van der Waals surface area contributed by atoms with E-state index in [-0.39, 0.29) is 49.2 Å². The predicted octanol–water partition coefficient (Wildman–Crippen LogP) is 5.90. The lowest BCUT2D eigenvalue weighted by atomic mass is 10.0. The Morgan fingerprint density at radius 1 is 1.08 bits per heavy atom. The summed E-state index contributed by atoms with van der Waals surface area (Å²) in [4.78, 5) is 43.6. The highest BCUT2D eigenvalue weighted by Gasteiger charge is 2.31. The van der Waals surface area contributed by atoms with E-state index < -0.39 is 18.2 Å². The van der Waals surface area contributed by atoms with Crippen LogP contribution in [0, 0.1) is 19.8 Å². The number of carbonyl (C=O) groups excluding carboxylic acids is 3. The van der Waals surface area contributed by atoms with Crippen LogP contribution in [0.4, 0.5) is 26.7 Å². The van der Waals surface area contributed by atoms with Gasteiger partial charge in [-0.15, -0.1) is 0 Å². The molecular formula is C36H50N6O8. The van der Waals surface area contributed by atoms with E-state index in [1.165, 1.54) is 4.90 Å². The highest BCUT2D eigenvalue weighted by Crippen LogP contribution is 2.29. The van der Waals surface area contributed by atoms with Crippen molar-refractivity contribution in [3.8, 4) is 11.5 Å². The molecule has 3 aromatic rings. The average Bonchev–Trinajstić information content (AvgIpc) is 3.41. The van der Waals surface area contributed by atoms with Gasteiger partial charge >= 0.3 is 12.1 Å². The van der Waals surface area contributed by atoms with Crippen LogP contribution >= 0.6 is 0 Å². The van der Waals surface area contributed by atoms with Crippen molar-refractivity contribution in [1.82, 2.24) is 15.0 Å². The minimum absolute atomic E-state index is 0.209. The SMILES string of the molecule is COc1ccc(NC(=O)Nc2ccc3c(c2)C(=O)N([C@@H](C)CO)C[C@@H](C)[C@H](CN(C)C(=O)Nc2c(C)noc2C)OCCCC[C@H](C)O3)cc1. The Balaban J connectivity index is 1.57. The molecule has 0 radical (unpaired) electrons. The maximum absolute atomic E-state index is 14.4. The number of aromatic nitrogens is 1. The average molecular weight is 695 g/mol. The lowest BCUT2D eigenvalue weighted by Crippen LogP contribution is -2.48. The van der Waals surface area contributed by atoms with E-state index in [1.807, 2.05) is 13.8 Å². The standard InChI is InChI=1S/C36H50N6O8/c1-22-19-42(23(2)21-43)34(44)30-18-28(38-35(45)37-27-11-14-29(47-7)15-12-27)13-16-31(30)49-24(3)10-8-9-17-48-32(22)20-41(6)36(46)39-33-25(4)40-50-26(33)5/h11-16,18,22-24,32,43H,8-10,17,19-21H2,1-7H3,(H,39,46)(H2,37,38,45)/t22-,23+,24+,32+/m1/s1. The number of likely N-dealkylation sites (N-methyl/N-ethyl adjacent to an activating group) is 1. The van der Waals surface area contributed by atoms with Crippen LogP contribution in [0.25, 0.3) is 0 Å². The normalized spacial score (nSPS) is 19.3. The second-order valence-electron chi connectivity index (χ2n) is 12.8. The molecule has 5 amide bonds. The van der Waals surface area contributed by atoms with Gasteiger partial charge < -0.3 is 49.6 Å². The quantitative estimate of drug-likeness (QED) is 0.224. The van der Waals surface area contributed by atoms with Gasteiger partial charge in [-0.05, 0) is 89.4 Å². The van der Waals surface area contributed by atoms with Crippen LogP contribution in [0.15, 0.2) is 47.0 Å². The summed E-state index contributed by atoms with van der Waals surface area (Å²) in [6, 6.07) is 10.5. The molecule has 0 saturated heterocycles. The van der Waals surface area contributed by atoms with Gasteiger partial charge in [0, 0.05) is 44.0 Å². The summed E-state index contributed by atoms with van der Waals surface area (Å²) in [5.41, 5.74) is 2.30. The van der Waals surface area contributed by atoms with E-state index in [0.29, 0.717) is 46.6 Å². The lowest BCUT2D eigenvalue weighted by Gasteiger charge is -2.35. The largest absolute Gasteiger partial charge is 0.497 e. The summed E-state index contributed by atoms with van der Waals surface area (Å²) < 4.78 is 23.0. The van der Waals surface area contributed by atoms with Crippen molar-refractivity contribution in [2.45, 2.75) is 72.1 Å². The summed E-state index contributed by atoms with van der Waals surface area (Å²) >= 11 is 0. The minimum Gasteiger partial charge on any atom is -0.497 e. The van der Waals surface area contributed by atoms with Gasteiger partial charge in [0.05, 0.1) is 37.5 Å². The number of ether oxygens (including phenoxy) is 3. The van der Waals surface area contributed by atoms with E-state index in [0.717, 1.165) is 19.3 Å². The van der Waals surface area contributed by atoms with E-state index in [9.17, 15) is 19.5 Å². The summed E-state index contributed by atoms with van der Waals surface area (Å²) in [5.74, 6) is 0.931. The van der Waals surface area contributed by atoms with Crippen LogP contribution in [-0.2, 0) is 4.74 Å². The van der Waals surface area contributed by atoms with Crippen molar-refractivity contribution in [3.63, 3.8) is 0 Å². The number of rotatable bonds is 8. The van der Waals surface area contributed by atoms with E-state index >= 15 is 0 Å². The Kier molecular flexibility index (Phi) is 13.5. The third-order valence-electron chi connectivity index (χ3n) is 8.72. The van der Waals surface area contributed by atoms with Gasteiger partial charge in [0.15, 0.2) is 5.76 Å². The maximum Gasteiger partial charge on any atom is 0.323 e. The molecule has 14 nitrogen and oxygen atoms in total. The molecule has 4 N–H and O–H groups in total. The number of benzene rings is 2. The highest BCUT2D eigenvalue weighted by molar-refractivity contribution is 6.02. The number of amides is 5. The van der Waals surface area contributed by atoms with Gasteiger partial charge in [0.1, 0.15) is 22.9 Å². The predicted molar refractivity (Wildman–Crippen MR) is 190 cm³/mol. The number of nitrogens with zero attached hydrogens (tertiary/aromatic N) is 3. The third kappa shape index (κ3) is 10.1. The van der Waals surface area contributed by atoms with Gasteiger partial charge in [0.25, 0.3) is 5.91 Å². The minimum atomic E-state index is -0.556. The van der Waals surface area contributed by atoms with Gasteiger partial charge in [-0.2, -0.15) is 0 Å². The van der Waals surface area contributed by atoms with Crippen LogP contribution < -0.4 is 25.4 Å². The number of hydrogen-bond acceptors (Lipinski definition) is 9. The number of aliphatic hydroxyl groups excluding tert-OH is 1. The topological polar surface area (TPSA) is 168 Å². The molecule has 4 atom stereocenters. The first-order valence-corrected chi connectivity index (χ1v) is 16.9. The molecule has 0 spiro atoms. The molecule has 1 aliphatic rings. The zero-order valence-electron chi connectivity index (χ0n) is 29.9. The fourth-order valence-corrected chi connectivity index (χ4v) is 5.65. The molecular weight excluding hydrogens is 644 g/mol. The van der Waals surface area contributed by atoms with E-state index in [1.54, 1.807) is 82.3 Å². The van der Waals surface area contributed by atoms with Crippen LogP contribution in [0.2, 0.25) is 0 Å². The summed E-state index contributed by atoms with van der Waals surface area (Å²) in [6.45, 7) is 9.81. The van der Waals surface area contributed by atoms with Crippen molar-refractivity contribution in [3.05, 3.63) is 59.5 Å². The van der Waals surface area contributed by atoms with Crippen molar-refractivity contribution >= 4 is 35.0 Å². The molecule has 2 heterocycles. The zero-order valence-corrected chi connectivity index (χ0v) is 29.9. The number of urea groups is 2. The first-order chi connectivity index (χ1) is 23.9. The maximum atomic E-state index is 14.4. The summed E-state index contributed by atoms with van der Waals surface area (Å²) in [7, 11) is 3.25. The monoisotopic (exact) mass is 694 g/mol. The molecule has 0 bridgehead atoms. The zero-order chi connectivity index (χ0) is 36.4. The second-order valence-corrected chi connectivity index (χ2v) is 12.8. The number of hydrogen-bond donors (Lipinski definition) is 4. The van der Waals surface area contributed by atoms with Crippen molar-refractivity contribution < 1.29 is 38.2 Å². The van der Waals surface area contributed by atoms with Gasteiger partial charge in [-0.25, -0.2) is 9.59 Å². The smallest absolute Gasteiger partial charge is 0.323 e. The van der Waals surface area contributed by atoms with Gasteiger partial charge in [-0.3, -0.25) is 4.79 Å². The van der Waals surface area contributed by atoms with Crippen LogP contribution in [0.3, 0.4) is 0 Å². The van der Waals surface area contributed by atoms with E-state index in [2.05, 4.69) is 21.1 Å². The molecule has 50 heavy (non-hydrogen) atoms. The van der Waals surface area contributed by atoms with Crippen LogP contribution in [0.1, 0.15) is 61.8 Å². The number of fused-ring (bicyclic) bond motifs is 1. The van der Waals surface area contributed by atoms with E-state index in [4.69, 9.17) is 18.7 Å². The van der Waals surface area contributed by atoms with Crippen LogP contribution in [0.5, 0.6) is 11.5 Å². The molecule has 0 aliphatic carbocycles. The van der Waals surface area contributed by atoms with Gasteiger partial charge in [-0.1, -0.05) is 12.1 Å². The first kappa shape index (κ1) is 38.0. The molecule has 1 aliphatic heterocycles. The Labute approximate surface area is 293 Å². The molecule has 0 saturated carbocycles. The number of aliphatic hydroxyl groups is 1. The number of aryl methyl sites for hydroxylation is 2. The summed E-state index contributed by atoms with van der Waals surface area (Å²) in [6.07, 6.45) is 1.69. The number of anilines is 3. The first-order valence-electron chi connectivity index (χ1n) is 16.9. The fourth-order valence-electron chi connectivity index (χ4n) is 5.65. The Morgan fingerprint density at radius 3 is 2.44 bits per heavy atom. The van der Waals surface area contributed by atoms with Crippen molar-refractivity contribution in [2.75, 3.05) is 56.4 Å². The molecule has 14 heteroatoms. The lowest BCUT2D eigenvalue weighted by molar-refractivity contribution is -0.0115. The molecule has 272 valence electrons. The fraction of sp³-hybridized carbons (Fsp3) is 0.500. The highest BCUT2D eigenvalue weighted by atomic mass is 16.5. The molecule has 4 rings (SSSR count). The third-order valence-corrected chi connectivity index (χ3v) is 8.72. The number of nitrogens with one attached hydrogen (secondary N) is 3. The molecule has 2 aromatic carbocycles. The van der Waals surface area contributed by atoms with Crippen LogP contribution in [-0.4, -0.2) is 96.7 Å². The Hall–Kier alpha value is -4.82. The summed E-state index contributed by atoms with van der Waals surface area (Å²) in [5, 5.41) is 22.6. The number of methoxy groups -OCH3 is 1. The molecule has 1 aromatic heterocycles. The van der Waals surface area contributed by atoms with Crippen molar-refractivity contribution in [1.29, 1.82) is 0 Å². The molecule has 0 unspecified atom stereocenters. The van der Waals surface area contributed by atoms with Crippen molar-refractivity contribution in [2.24, 2.45) is 5.92 Å². The Bertz CT molecular complexity index is 1580. The molecule has 0 fully saturated rings. The second kappa shape index (κ2) is 17.7. The number of carbonyl (C=O) groups is 3.